The lowest BCUT2D eigenvalue weighted by Gasteiger charge is -2.32. The summed E-state index contributed by atoms with van der Waals surface area (Å²) < 4.78 is 6.98. The van der Waals surface area contributed by atoms with Crippen LogP contribution in [0, 0.1) is 5.92 Å². The second-order valence-corrected chi connectivity index (χ2v) is 10.2. The molecule has 192 valence electrons. The van der Waals surface area contributed by atoms with Crippen molar-refractivity contribution in [3.8, 4) is 5.75 Å². The molecule has 0 spiro atoms. The van der Waals surface area contributed by atoms with E-state index in [-0.39, 0.29) is 23.6 Å². The maximum Gasteiger partial charge on any atom is 0.274 e. The molecule has 3 amide bonds. The molecule has 2 aromatic rings. The fourth-order valence-electron chi connectivity index (χ4n) is 5.25. The van der Waals surface area contributed by atoms with Crippen LogP contribution in [0.15, 0.2) is 24.3 Å². The SMILES string of the molecule is COc1ccc(CCC(=O)N2CCc3c(c(C(=O)N4CCC[C@H](C(=O)NC5CC5)C4)nn3C)C2)cc1. The third-order valence-corrected chi connectivity index (χ3v) is 7.59. The summed E-state index contributed by atoms with van der Waals surface area (Å²) in [6, 6.07) is 8.09. The van der Waals surface area contributed by atoms with Crippen molar-refractivity contribution in [3.05, 3.63) is 46.8 Å². The molecule has 0 unspecified atom stereocenters. The highest BCUT2D eigenvalue weighted by atomic mass is 16.5. The Hall–Kier alpha value is -3.36. The summed E-state index contributed by atoms with van der Waals surface area (Å²) in [6.45, 7) is 2.06. The summed E-state index contributed by atoms with van der Waals surface area (Å²) in [5.74, 6) is 0.633. The van der Waals surface area contributed by atoms with Gasteiger partial charge in [-0.15, -0.1) is 0 Å². The summed E-state index contributed by atoms with van der Waals surface area (Å²) in [7, 11) is 3.49. The molecule has 0 bridgehead atoms. The number of fused-ring (bicyclic) bond motifs is 1. The number of ether oxygens (including phenoxy) is 1. The third kappa shape index (κ3) is 5.24. The van der Waals surface area contributed by atoms with Gasteiger partial charge in [-0.3, -0.25) is 19.1 Å². The lowest BCUT2D eigenvalue weighted by molar-refractivity contribution is -0.132. The topological polar surface area (TPSA) is 96.8 Å². The van der Waals surface area contributed by atoms with Crippen LogP contribution in [0.4, 0.5) is 0 Å². The molecule has 1 saturated heterocycles. The number of likely N-dealkylation sites (tertiary alicyclic amines) is 1. The smallest absolute Gasteiger partial charge is 0.274 e. The largest absolute Gasteiger partial charge is 0.497 e. The number of methoxy groups -OCH3 is 1. The molecule has 1 atom stereocenters. The highest BCUT2D eigenvalue weighted by molar-refractivity contribution is 5.95. The van der Waals surface area contributed by atoms with Gasteiger partial charge in [0.25, 0.3) is 5.91 Å². The van der Waals surface area contributed by atoms with Crippen LogP contribution in [-0.4, -0.2) is 70.1 Å². The van der Waals surface area contributed by atoms with Crippen molar-refractivity contribution in [3.63, 3.8) is 0 Å². The minimum Gasteiger partial charge on any atom is -0.497 e. The lowest BCUT2D eigenvalue weighted by atomic mass is 9.96. The highest BCUT2D eigenvalue weighted by Crippen LogP contribution is 2.27. The van der Waals surface area contributed by atoms with Gasteiger partial charge in [-0.05, 0) is 49.8 Å². The Bertz CT molecular complexity index is 1140. The van der Waals surface area contributed by atoms with E-state index in [2.05, 4.69) is 10.4 Å². The normalized spacial score (nSPS) is 19.6. The summed E-state index contributed by atoms with van der Waals surface area (Å²) in [4.78, 5) is 42.8. The van der Waals surface area contributed by atoms with Gasteiger partial charge in [0.2, 0.25) is 11.8 Å². The van der Waals surface area contributed by atoms with E-state index in [1.807, 2.05) is 36.2 Å². The lowest BCUT2D eigenvalue weighted by Crippen LogP contribution is -2.46. The average Bonchev–Trinajstić information content (AvgIpc) is 3.67. The second-order valence-electron chi connectivity index (χ2n) is 10.2. The zero-order chi connectivity index (χ0) is 25.2. The molecular formula is C27H35N5O4. The van der Waals surface area contributed by atoms with Crippen molar-refractivity contribution >= 4 is 17.7 Å². The minimum absolute atomic E-state index is 0.0617. The van der Waals surface area contributed by atoms with Crippen LogP contribution in [0.25, 0.3) is 0 Å². The number of piperidine rings is 1. The monoisotopic (exact) mass is 493 g/mol. The maximum atomic E-state index is 13.5. The molecule has 1 aromatic heterocycles. The van der Waals surface area contributed by atoms with Gasteiger partial charge < -0.3 is 19.9 Å². The van der Waals surface area contributed by atoms with Crippen molar-refractivity contribution in [2.45, 2.75) is 57.5 Å². The van der Waals surface area contributed by atoms with Gasteiger partial charge in [0, 0.05) is 63.4 Å². The van der Waals surface area contributed by atoms with Gasteiger partial charge in [-0.1, -0.05) is 12.1 Å². The van der Waals surface area contributed by atoms with Crippen LogP contribution in [0.2, 0.25) is 0 Å². The Labute approximate surface area is 211 Å². The Morgan fingerprint density at radius 3 is 2.58 bits per heavy atom. The molecule has 1 aliphatic carbocycles. The van der Waals surface area contributed by atoms with E-state index in [4.69, 9.17) is 4.74 Å². The molecular weight excluding hydrogens is 458 g/mol. The van der Waals surface area contributed by atoms with Gasteiger partial charge in [0.1, 0.15) is 5.75 Å². The first-order valence-electron chi connectivity index (χ1n) is 13.0. The van der Waals surface area contributed by atoms with Crippen LogP contribution >= 0.6 is 0 Å². The van der Waals surface area contributed by atoms with Gasteiger partial charge >= 0.3 is 0 Å². The van der Waals surface area contributed by atoms with Crippen molar-refractivity contribution in [1.82, 2.24) is 24.9 Å². The Morgan fingerprint density at radius 2 is 1.86 bits per heavy atom. The van der Waals surface area contributed by atoms with Gasteiger partial charge in [0.05, 0.1) is 13.0 Å². The number of aryl methyl sites for hydroxylation is 2. The first-order valence-corrected chi connectivity index (χ1v) is 13.0. The van der Waals surface area contributed by atoms with Gasteiger partial charge in [-0.2, -0.15) is 5.10 Å². The minimum atomic E-state index is -0.168. The van der Waals surface area contributed by atoms with Crippen LogP contribution < -0.4 is 10.1 Å². The summed E-state index contributed by atoms with van der Waals surface area (Å²) in [5, 5.41) is 7.65. The van der Waals surface area contributed by atoms with Crippen LogP contribution in [0.5, 0.6) is 5.75 Å². The predicted molar refractivity (Wildman–Crippen MR) is 133 cm³/mol. The van der Waals surface area contributed by atoms with E-state index in [0.29, 0.717) is 57.2 Å². The molecule has 5 rings (SSSR count). The van der Waals surface area contributed by atoms with E-state index in [1.54, 1.807) is 16.7 Å². The summed E-state index contributed by atoms with van der Waals surface area (Å²) >= 11 is 0. The first-order chi connectivity index (χ1) is 17.4. The van der Waals surface area contributed by atoms with E-state index >= 15 is 0 Å². The number of carbonyl (C=O) groups excluding carboxylic acids is 3. The molecule has 9 heteroatoms. The zero-order valence-electron chi connectivity index (χ0n) is 21.2. The number of benzene rings is 1. The van der Waals surface area contributed by atoms with Crippen molar-refractivity contribution in [1.29, 1.82) is 0 Å². The number of nitrogens with one attached hydrogen (secondary N) is 1. The van der Waals surface area contributed by atoms with Crippen LogP contribution in [0.3, 0.4) is 0 Å². The molecule has 1 saturated carbocycles. The molecule has 3 aliphatic rings. The van der Waals surface area contributed by atoms with Crippen molar-refractivity contribution in [2.75, 3.05) is 26.7 Å². The van der Waals surface area contributed by atoms with E-state index in [1.165, 1.54) is 0 Å². The number of hydrogen-bond donors (Lipinski definition) is 1. The Kier molecular flexibility index (Phi) is 6.98. The number of amides is 3. The predicted octanol–water partition coefficient (Wildman–Crippen LogP) is 2.08. The molecule has 2 aliphatic heterocycles. The molecule has 3 heterocycles. The maximum absolute atomic E-state index is 13.5. The van der Waals surface area contributed by atoms with Crippen molar-refractivity contribution < 1.29 is 19.1 Å². The number of rotatable bonds is 7. The molecule has 9 nitrogen and oxygen atoms in total. The van der Waals surface area contributed by atoms with E-state index < -0.39 is 0 Å². The number of nitrogens with zero attached hydrogens (tertiary/aromatic N) is 4. The molecule has 36 heavy (non-hydrogen) atoms. The quantitative estimate of drug-likeness (QED) is 0.637. The number of carbonyl (C=O) groups is 3. The second kappa shape index (κ2) is 10.3. The number of aromatic nitrogens is 2. The fourth-order valence-corrected chi connectivity index (χ4v) is 5.25. The van der Waals surface area contributed by atoms with Crippen LogP contribution in [-0.2, 0) is 36.0 Å². The standard InChI is InChI=1S/C27H35N5O4/c1-30-23-13-15-31(24(33)12-7-18-5-10-21(36-2)11-6-18)17-22(23)25(29-30)27(35)32-14-3-4-19(16-32)26(34)28-20-8-9-20/h5-6,10-11,19-20H,3-4,7-9,12-17H2,1-2H3,(H,28,34)/t19-/m0/s1. The van der Waals surface area contributed by atoms with Crippen molar-refractivity contribution in [2.24, 2.45) is 13.0 Å². The van der Waals surface area contributed by atoms with Gasteiger partial charge in [0.15, 0.2) is 5.69 Å². The highest BCUT2D eigenvalue weighted by Gasteiger charge is 2.35. The molecule has 1 N–H and O–H groups in total. The Balaban J connectivity index is 1.23. The first kappa shape index (κ1) is 24.3. The average molecular weight is 494 g/mol. The summed E-state index contributed by atoms with van der Waals surface area (Å²) in [6.07, 6.45) is 5.45. The van der Waals surface area contributed by atoms with E-state index in [9.17, 15) is 14.4 Å². The number of hydrogen-bond acceptors (Lipinski definition) is 5. The zero-order valence-corrected chi connectivity index (χ0v) is 21.2. The molecule has 2 fully saturated rings. The van der Waals surface area contributed by atoms with Crippen LogP contribution in [0.1, 0.15) is 59.4 Å². The van der Waals surface area contributed by atoms with E-state index in [0.717, 1.165) is 48.3 Å². The molecule has 0 radical (unpaired) electrons. The summed E-state index contributed by atoms with van der Waals surface area (Å²) in [5.41, 5.74) is 3.36. The molecule has 1 aromatic carbocycles. The Morgan fingerprint density at radius 1 is 1.08 bits per heavy atom. The van der Waals surface area contributed by atoms with Gasteiger partial charge in [-0.25, -0.2) is 0 Å². The third-order valence-electron chi connectivity index (χ3n) is 7.59. The fraction of sp³-hybridized carbons (Fsp3) is 0.556.